The number of carbonyl (C=O) groups excluding carboxylic acids is 1. The third-order valence-corrected chi connectivity index (χ3v) is 5.64. The highest BCUT2D eigenvalue weighted by atomic mass is 32.2. The summed E-state index contributed by atoms with van der Waals surface area (Å²) in [6, 6.07) is 9.56. The average molecular weight is 411 g/mol. The van der Waals surface area contributed by atoms with Gasteiger partial charge in [0.15, 0.2) is 5.17 Å². The summed E-state index contributed by atoms with van der Waals surface area (Å²) in [5.74, 6) is 0.422. The van der Waals surface area contributed by atoms with Gasteiger partial charge in [0.2, 0.25) is 0 Å². The first kappa shape index (κ1) is 18.6. The van der Waals surface area contributed by atoms with Crippen LogP contribution in [0.2, 0.25) is 0 Å². The number of ether oxygens (including phenoxy) is 1. The number of nitrogens with one attached hydrogen (secondary N) is 1. The number of aliphatic imine (C=N–C) groups is 1. The minimum absolute atomic E-state index is 0.0340. The zero-order chi connectivity index (χ0) is 19.5. The maximum atomic E-state index is 12.2. The Balaban J connectivity index is 1.53. The number of aromatic nitrogens is 2. The maximum Gasteiger partial charge on any atom is 0.286 e. The van der Waals surface area contributed by atoms with E-state index in [1.807, 2.05) is 43.5 Å². The normalized spacial score (nSPS) is 15.5. The molecular weight excluding hydrogens is 392 g/mol. The van der Waals surface area contributed by atoms with Gasteiger partial charge in [-0.15, -0.1) is 11.3 Å². The smallest absolute Gasteiger partial charge is 0.286 e. The van der Waals surface area contributed by atoms with Crippen molar-refractivity contribution < 1.29 is 9.53 Å². The van der Waals surface area contributed by atoms with Gasteiger partial charge in [0.25, 0.3) is 5.91 Å². The van der Waals surface area contributed by atoms with Crippen molar-refractivity contribution in [3.8, 4) is 5.75 Å². The topological polar surface area (TPSA) is 76.5 Å². The molecule has 0 spiro atoms. The lowest BCUT2D eigenvalue weighted by Crippen LogP contribution is -2.17. The lowest BCUT2D eigenvalue weighted by Gasteiger charge is -2.11. The van der Waals surface area contributed by atoms with Gasteiger partial charge in [-0.2, -0.15) is 4.99 Å². The van der Waals surface area contributed by atoms with E-state index < -0.39 is 0 Å². The number of rotatable bonds is 5. The molecule has 3 aromatic rings. The van der Waals surface area contributed by atoms with Crippen molar-refractivity contribution in [2.24, 2.45) is 4.99 Å². The molecule has 0 unspecified atom stereocenters. The van der Waals surface area contributed by atoms with Crippen LogP contribution in [0.3, 0.4) is 0 Å². The quantitative estimate of drug-likeness (QED) is 0.634. The third-order valence-electron chi connectivity index (χ3n) is 3.82. The third kappa shape index (κ3) is 4.23. The van der Waals surface area contributed by atoms with Crippen molar-refractivity contribution >= 4 is 51.3 Å². The molecule has 0 bridgehead atoms. The lowest BCUT2D eigenvalue weighted by molar-refractivity contribution is -0.113. The van der Waals surface area contributed by atoms with Crippen molar-refractivity contribution in [2.45, 2.75) is 26.5 Å². The minimum Gasteiger partial charge on any atom is -0.489 e. The van der Waals surface area contributed by atoms with Gasteiger partial charge in [-0.1, -0.05) is 6.07 Å². The summed E-state index contributed by atoms with van der Waals surface area (Å²) in [6.07, 6.45) is 3.49. The Bertz CT molecular complexity index is 1080. The summed E-state index contributed by atoms with van der Waals surface area (Å²) >= 11 is 2.99. The number of hydrogen-bond donors (Lipinski definition) is 1. The lowest BCUT2D eigenvalue weighted by atomic mass is 10.2. The first-order chi connectivity index (χ1) is 13.6. The molecule has 28 heavy (non-hydrogen) atoms. The van der Waals surface area contributed by atoms with E-state index in [9.17, 15) is 4.79 Å². The summed E-state index contributed by atoms with van der Waals surface area (Å²) in [6.45, 7) is 4.59. The van der Waals surface area contributed by atoms with E-state index in [1.54, 1.807) is 29.7 Å². The van der Waals surface area contributed by atoms with Gasteiger partial charge in [-0.05, 0) is 55.3 Å². The maximum absolute atomic E-state index is 12.2. The Morgan fingerprint density at radius 2 is 2.14 bits per heavy atom. The predicted molar refractivity (Wildman–Crippen MR) is 114 cm³/mol. The molecule has 0 aromatic carbocycles. The number of thiophene rings is 1. The second-order valence-electron chi connectivity index (χ2n) is 6.35. The summed E-state index contributed by atoms with van der Waals surface area (Å²) in [4.78, 5) is 27.0. The predicted octanol–water partition coefficient (Wildman–Crippen LogP) is 4.24. The van der Waals surface area contributed by atoms with Crippen LogP contribution < -0.4 is 10.1 Å². The molecular formula is C20H18N4O2S2. The van der Waals surface area contributed by atoms with Crippen molar-refractivity contribution in [1.29, 1.82) is 0 Å². The van der Waals surface area contributed by atoms with Gasteiger partial charge in [0.05, 0.1) is 28.8 Å². The molecule has 1 N–H and O–H groups in total. The van der Waals surface area contributed by atoms with Crippen molar-refractivity contribution in [1.82, 2.24) is 15.3 Å². The number of amidine groups is 1. The fourth-order valence-electron chi connectivity index (χ4n) is 2.64. The Morgan fingerprint density at radius 3 is 2.93 bits per heavy atom. The van der Waals surface area contributed by atoms with E-state index in [0.717, 1.165) is 5.52 Å². The summed E-state index contributed by atoms with van der Waals surface area (Å²) in [5.41, 5.74) is 2.10. The number of thioether (sulfide) groups is 1. The molecule has 4 rings (SSSR count). The Kier molecular flexibility index (Phi) is 5.40. The van der Waals surface area contributed by atoms with Crippen LogP contribution in [0.25, 0.3) is 17.1 Å². The van der Waals surface area contributed by atoms with Crippen molar-refractivity contribution in [2.75, 3.05) is 0 Å². The highest BCUT2D eigenvalue weighted by Crippen LogP contribution is 2.29. The van der Waals surface area contributed by atoms with Gasteiger partial charge in [0, 0.05) is 17.1 Å². The van der Waals surface area contributed by atoms with Crippen LogP contribution in [0.1, 0.15) is 24.4 Å². The molecule has 0 atom stereocenters. The van der Waals surface area contributed by atoms with Crippen LogP contribution in [0.4, 0.5) is 0 Å². The van der Waals surface area contributed by atoms with Crippen LogP contribution in [-0.2, 0) is 11.3 Å². The van der Waals surface area contributed by atoms with E-state index in [1.165, 1.54) is 16.6 Å². The first-order valence-electron chi connectivity index (χ1n) is 8.80. The average Bonchev–Trinajstić information content (AvgIpc) is 3.30. The number of pyridine rings is 2. The van der Waals surface area contributed by atoms with Gasteiger partial charge < -0.3 is 10.1 Å². The molecule has 1 amide bonds. The molecule has 4 heterocycles. The van der Waals surface area contributed by atoms with Crippen molar-refractivity contribution in [3.63, 3.8) is 0 Å². The fourth-order valence-corrected chi connectivity index (χ4v) is 4.08. The molecule has 0 saturated heterocycles. The number of hydrogen-bond acceptors (Lipinski definition) is 7. The Morgan fingerprint density at radius 1 is 1.25 bits per heavy atom. The zero-order valence-corrected chi connectivity index (χ0v) is 17.0. The van der Waals surface area contributed by atoms with Gasteiger partial charge in [-0.3, -0.25) is 9.78 Å². The van der Waals surface area contributed by atoms with Crippen LogP contribution >= 0.6 is 23.1 Å². The fraction of sp³-hybridized carbons (Fsp3) is 0.200. The second kappa shape index (κ2) is 8.12. The van der Waals surface area contributed by atoms with Crippen molar-refractivity contribution in [3.05, 3.63) is 57.4 Å². The molecule has 3 aromatic heterocycles. The molecule has 1 aliphatic heterocycles. The van der Waals surface area contributed by atoms with E-state index in [2.05, 4.69) is 20.3 Å². The van der Waals surface area contributed by atoms with Crippen LogP contribution in [0.5, 0.6) is 5.75 Å². The number of carbonyl (C=O) groups is 1. The Hall–Kier alpha value is -2.71. The van der Waals surface area contributed by atoms with Gasteiger partial charge in [0.1, 0.15) is 11.3 Å². The molecule has 142 valence electrons. The van der Waals surface area contributed by atoms with Crippen LogP contribution in [-0.4, -0.2) is 27.1 Å². The summed E-state index contributed by atoms with van der Waals surface area (Å²) in [5, 5.41) is 5.83. The summed E-state index contributed by atoms with van der Waals surface area (Å²) < 4.78 is 5.83. The Labute approximate surface area is 170 Å². The molecule has 8 heteroatoms. The standard InChI is InChI=1S/C20H18N4O2S2/c1-12(2)26-16-7-8-21-15-6-5-13(23-18(15)16)10-17-19(25)24-20(28-17)22-11-14-4-3-9-27-14/h3-10,12H,11H2,1-2H3,(H,22,24,25)/b17-10-. The molecule has 6 nitrogen and oxygen atoms in total. The van der Waals surface area contributed by atoms with E-state index in [0.29, 0.717) is 33.6 Å². The van der Waals surface area contributed by atoms with Crippen LogP contribution in [0, 0.1) is 0 Å². The summed E-state index contributed by atoms with van der Waals surface area (Å²) in [7, 11) is 0. The first-order valence-corrected chi connectivity index (χ1v) is 10.5. The second-order valence-corrected chi connectivity index (χ2v) is 8.41. The van der Waals surface area contributed by atoms with E-state index in [-0.39, 0.29) is 12.0 Å². The molecule has 0 saturated carbocycles. The van der Waals surface area contributed by atoms with Crippen LogP contribution in [0.15, 0.2) is 51.8 Å². The molecule has 1 aliphatic rings. The molecule has 0 aliphatic carbocycles. The van der Waals surface area contributed by atoms with Gasteiger partial charge >= 0.3 is 0 Å². The number of fused-ring (bicyclic) bond motifs is 1. The monoisotopic (exact) mass is 410 g/mol. The van der Waals surface area contributed by atoms with E-state index >= 15 is 0 Å². The molecule has 0 fully saturated rings. The largest absolute Gasteiger partial charge is 0.489 e. The number of amides is 1. The highest BCUT2D eigenvalue weighted by Gasteiger charge is 2.22. The zero-order valence-electron chi connectivity index (χ0n) is 15.4. The van der Waals surface area contributed by atoms with E-state index in [4.69, 9.17) is 4.74 Å². The van der Waals surface area contributed by atoms with Gasteiger partial charge in [-0.25, -0.2) is 4.98 Å². The minimum atomic E-state index is -0.259. The highest BCUT2D eigenvalue weighted by molar-refractivity contribution is 8.18. The SMILES string of the molecule is CC(C)Oc1ccnc2ccc(/C=C3\SC(NCc4cccs4)=NC3=O)nc12. The number of nitrogens with zero attached hydrogens (tertiary/aromatic N) is 3. The molecule has 0 radical (unpaired) electrons.